The molecule has 2 aromatic rings. The second kappa shape index (κ2) is 3.37. The molecule has 0 aliphatic rings. The average Bonchev–Trinajstić information content (AvgIpc) is 2.71. The van der Waals surface area contributed by atoms with Gasteiger partial charge in [-0.05, 0) is 22.9 Å². The summed E-state index contributed by atoms with van der Waals surface area (Å²) in [6.07, 6.45) is 0. The van der Waals surface area contributed by atoms with Crippen molar-refractivity contribution in [2.45, 2.75) is 0 Å². The zero-order valence-electron chi connectivity index (χ0n) is 6.43. The van der Waals surface area contributed by atoms with E-state index >= 15 is 0 Å². The summed E-state index contributed by atoms with van der Waals surface area (Å²) in [5.74, 6) is 0.591. The van der Waals surface area contributed by atoms with E-state index in [0.29, 0.717) is 5.75 Å². The SMILES string of the molecule is OOc1ccsc1-c1sccc1O. The molecule has 0 bridgehead atoms. The van der Waals surface area contributed by atoms with Crippen LogP contribution in [0.1, 0.15) is 0 Å². The Labute approximate surface area is 82.4 Å². The van der Waals surface area contributed by atoms with Crippen LogP contribution in [0.2, 0.25) is 0 Å². The van der Waals surface area contributed by atoms with E-state index in [1.165, 1.54) is 22.7 Å². The molecule has 0 amide bonds. The third kappa shape index (κ3) is 1.41. The molecule has 0 spiro atoms. The summed E-state index contributed by atoms with van der Waals surface area (Å²) >= 11 is 2.82. The summed E-state index contributed by atoms with van der Waals surface area (Å²) in [6.45, 7) is 0. The maximum absolute atomic E-state index is 9.42. The molecule has 2 heterocycles. The number of hydrogen-bond acceptors (Lipinski definition) is 5. The molecule has 0 saturated carbocycles. The van der Waals surface area contributed by atoms with E-state index in [1.54, 1.807) is 22.9 Å². The molecule has 2 rings (SSSR count). The molecule has 0 fully saturated rings. The molecule has 5 heteroatoms. The first kappa shape index (κ1) is 8.55. The first-order valence-corrected chi connectivity index (χ1v) is 5.24. The normalized spacial score (nSPS) is 10.2. The van der Waals surface area contributed by atoms with Gasteiger partial charge in [0, 0.05) is 0 Å². The first-order valence-electron chi connectivity index (χ1n) is 3.48. The molecule has 3 nitrogen and oxygen atoms in total. The van der Waals surface area contributed by atoms with Crippen molar-refractivity contribution in [1.29, 1.82) is 0 Å². The zero-order valence-corrected chi connectivity index (χ0v) is 8.06. The van der Waals surface area contributed by atoms with Crippen molar-refractivity contribution >= 4 is 22.7 Å². The lowest BCUT2D eigenvalue weighted by Gasteiger charge is -1.97. The molecule has 0 radical (unpaired) electrons. The van der Waals surface area contributed by atoms with Crippen LogP contribution in [0.25, 0.3) is 9.75 Å². The lowest BCUT2D eigenvalue weighted by Crippen LogP contribution is -1.81. The smallest absolute Gasteiger partial charge is 0.184 e. The Bertz CT molecular complexity index is 405. The fraction of sp³-hybridized carbons (Fsp3) is 0. The first-order chi connectivity index (χ1) is 6.33. The van der Waals surface area contributed by atoms with E-state index in [2.05, 4.69) is 4.89 Å². The number of rotatable bonds is 2. The predicted molar refractivity (Wildman–Crippen MR) is 52.6 cm³/mol. The fourth-order valence-electron chi connectivity index (χ4n) is 1.01. The number of thiophene rings is 2. The van der Waals surface area contributed by atoms with Crippen LogP contribution in [0.4, 0.5) is 0 Å². The number of hydrogen-bond donors (Lipinski definition) is 2. The minimum atomic E-state index is 0.214. The molecule has 0 aliphatic heterocycles. The van der Waals surface area contributed by atoms with Gasteiger partial charge in [-0.1, -0.05) is 0 Å². The van der Waals surface area contributed by atoms with Gasteiger partial charge in [0.05, 0.1) is 9.75 Å². The zero-order chi connectivity index (χ0) is 9.26. The summed E-state index contributed by atoms with van der Waals surface area (Å²) in [5.41, 5.74) is 0. The van der Waals surface area contributed by atoms with Crippen molar-refractivity contribution in [3.8, 4) is 21.3 Å². The van der Waals surface area contributed by atoms with Crippen molar-refractivity contribution in [2.75, 3.05) is 0 Å². The minimum Gasteiger partial charge on any atom is -0.506 e. The van der Waals surface area contributed by atoms with Gasteiger partial charge in [-0.25, -0.2) is 5.26 Å². The molecule has 0 aliphatic carbocycles. The van der Waals surface area contributed by atoms with Gasteiger partial charge in [0.15, 0.2) is 5.75 Å². The largest absolute Gasteiger partial charge is 0.506 e. The van der Waals surface area contributed by atoms with Crippen LogP contribution < -0.4 is 4.89 Å². The highest BCUT2D eigenvalue weighted by atomic mass is 32.1. The number of aromatic hydroxyl groups is 1. The van der Waals surface area contributed by atoms with Gasteiger partial charge in [-0.15, -0.1) is 22.7 Å². The van der Waals surface area contributed by atoms with Crippen molar-refractivity contribution in [3.63, 3.8) is 0 Å². The Balaban J connectivity index is 2.52. The lowest BCUT2D eigenvalue weighted by atomic mass is 10.3. The van der Waals surface area contributed by atoms with Gasteiger partial charge in [0.1, 0.15) is 5.75 Å². The summed E-state index contributed by atoms with van der Waals surface area (Å²) in [6, 6.07) is 3.26. The second-order valence-corrected chi connectivity index (χ2v) is 4.17. The molecule has 0 aromatic carbocycles. The third-order valence-corrected chi connectivity index (χ3v) is 3.54. The van der Waals surface area contributed by atoms with Gasteiger partial charge in [-0.3, -0.25) is 0 Å². The van der Waals surface area contributed by atoms with Crippen LogP contribution in [-0.2, 0) is 0 Å². The molecule has 0 unspecified atom stereocenters. The van der Waals surface area contributed by atoms with Gasteiger partial charge in [-0.2, -0.15) is 0 Å². The predicted octanol–water partition coefficient (Wildman–Crippen LogP) is 3.03. The Morgan fingerprint density at radius 3 is 2.38 bits per heavy atom. The maximum atomic E-state index is 9.42. The molecule has 2 aromatic heterocycles. The molecule has 0 saturated heterocycles. The van der Waals surface area contributed by atoms with Crippen molar-refractivity contribution in [3.05, 3.63) is 22.9 Å². The molecule has 13 heavy (non-hydrogen) atoms. The Kier molecular flexibility index (Phi) is 2.22. The van der Waals surface area contributed by atoms with E-state index in [1.807, 2.05) is 0 Å². The topological polar surface area (TPSA) is 49.7 Å². The van der Waals surface area contributed by atoms with Crippen LogP contribution in [0.15, 0.2) is 22.9 Å². The molecule has 2 N–H and O–H groups in total. The van der Waals surface area contributed by atoms with Gasteiger partial charge < -0.3 is 9.99 Å². The van der Waals surface area contributed by atoms with Crippen LogP contribution >= 0.6 is 22.7 Å². The van der Waals surface area contributed by atoms with Crippen LogP contribution in [0.3, 0.4) is 0 Å². The lowest BCUT2D eigenvalue weighted by molar-refractivity contribution is -0.136. The molecular formula is C8H6O3S2. The second-order valence-electron chi connectivity index (χ2n) is 2.34. The monoisotopic (exact) mass is 214 g/mol. The molecule has 68 valence electrons. The van der Waals surface area contributed by atoms with Crippen LogP contribution in [0.5, 0.6) is 11.5 Å². The molecular weight excluding hydrogens is 208 g/mol. The van der Waals surface area contributed by atoms with Gasteiger partial charge >= 0.3 is 0 Å². The van der Waals surface area contributed by atoms with E-state index in [-0.39, 0.29) is 5.75 Å². The minimum absolute atomic E-state index is 0.214. The summed E-state index contributed by atoms with van der Waals surface area (Å²) in [4.78, 5) is 5.64. The average molecular weight is 214 g/mol. The van der Waals surface area contributed by atoms with Crippen LogP contribution in [-0.4, -0.2) is 10.4 Å². The van der Waals surface area contributed by atoms with E-state index in [9.17, 15) is 5.11 Å². The standard InChI is InChI=1S/C8H6O3S2/c9-5-1-3-12-7(5)8-6(11-10)2-4-13-8/h1-4,9-10H. The third-order valence-electron chi connectivity index (χ3n) is 1.58. The highest BCUT2D eigenvalue weighted by molar-refractivity contribution is 7.21. The van der Waals surface area contributed by atoms with E-state index in [0.717, 1.165) is 9.75 Å². The quantitative estimate of drug-likeness (QED) is 0.596. The highest BCUT2D eigenvalue weighted by Gasteiger charge is 2.13. The van der Waals surface area contributed by atoms with E-state index in [4.69, 9.17) is 5.26 Å². The summed E-state index contributed by atoms with van der Waals surface area (Å²) in [5, 5.41) is 21.5. The van der Waals surface area contributed by atoms with Gasteiger partial charge in [0.2, 0.25) is 0 Å². The fourth-order valence-corrected chi connectivity index (χ4v) is 2.79. The Morgan fingerprint density at radius 1 is 1.08 bits per heavy atom. The van der Waals surface area contributed by atoms with Crippen molar-refractivity contribution in [1.82, 2.24) is 0 Å². The summed E-state index contributed by atoms with van der Waals surface area (Å²) < 4.78 is 0. The highest BCUT2D eigenvalue weighted by Crippen LogP contribution is 2.43. The van der Waals surface area contributed by atoms with Crippen molar-refractivity contribution < 1.29 is 15.3 Å². The Hall–Kier alpha value is -1.04. The van der Waals surface area contributed by atoms with Crippen LogP contribution in [0, 0.1) is 0 Å². The van der Waals surface area contributed by atoms with Gasteiger partial charge in [0.25, 0.3) is 0 Å². The summed E-state index contributed by atoms with van der Waals surface area (Å²) in [7, 11) is 0. The maximum Gasteiger partial charge on any atom is 0.184 e. The van der Waals surface area contributed by atoms with E-state index < -0.39 is 0 Å². The molecule has 0 atom stereocenters. The Morgan fingerprint density at radius 2 is 1.77 bits per heavy atom. The van der Waals surface area contributed by atoms with Crippen molar-refractivity contribution in [2.24, 2.45) is 0 Å².